The van der Waals surface area contributed by atoms with E-state index >= 15 is 0 Å². The van der Waals surface area contributed by atoms with E-state index in [2.05, 4.69) is 21.8 Å². The van der Waals surface area contributed by atoms with Crippen molar-refractivity contribution >= 4 is 61.4 Å². The first-order chi connectivity index (χ1) is 2.41. The van der Waals surface area contributed by atoms with Gasteiger partial charge in [0.1, 0.15) is 0 Å². The van der Waals surface area contributed by atoms with Crippen LogP contribution in [0.4, 0.5) is 0 Å². The molecule has 0 atom stereocenters. The van der Waals surface area contributed by atoms with Crippen LogP contribution in [-0.4, -0.2) is 17.1 Å². The van der Waals surface area contributed by atoms with Crippen molar-refractivity contribution in [3.05, 3.63) is 0 Å². The summed E-state index contributed by atoms with van der Waals surface area (Å²) < 4.78 is 4.50. The topological polar surface area (TPSA) is 9.23 Å². The van der Waals surface area contributed by atoms with Gasteiger partial charge in [0.15, 0.2) is 0 Å². The smallest absolute Gasteiger partial charge is 0.246 e. The van der Waals surface area contributed by atoms with Gasteiger partial charge in [-0.25, -0.2) is 0 Å². The molecule has 0 amide bonds. The van der Waals surface area contributed by atoms with Crippen molar-refractivity contribution < 1.29 is 4.43 Å². The molecule has 3 radical (unpaired) electrons. The van der Waals surface area contributed by atoms with Crippen LogP contribution in [0.3, 0.4) is 0 Å². The summed E-state index contributed by atoms with van der Waals surface area (Å²) >= 11 is 0. The van der Waals surface area contributed by atoms with E-state index in [0.717, 1.165) is 13.0 Å². The maximum absolute atomic E-state index is 4.50. The molecule has 1 nitrogen and oxygen atoms in total. The summed E-state index contributed by atoms with van der Waals surface area (Å²) in [5, 5.41) is 0. The fourth-order valence-corrected chi connectivity index (χ4v) is 0.306. The maximum atomic E-state index is 4.50. The van der Waals surface area contributed by atoms with Crippen LogP contribution in [0.5, 0.6) is 0 Å². The van der Waals surface area contributed by atoms with Crippen molar-refractivity contribution in [3.8, 4) is 0 Å². The van der Waals surface area contributed by atoms with Gasteiger partial charge in [-0.2, -0.15) is 0 Å². The summed E-state index contributed by atoms with van der Waals surface area (Å²) in [6.07, 6.45) is 1.07. The third-order valence-electron chi connectivity index (χ3n) is 0.306. The van der Waals surface area contributed by atoms with Gasteiger partial charge in [0, 0.05) is 6.61 Å². The van der Waals surface area contributed by atoms with Crippen LogP contribution in [0.25, 0.3) is 0 Å². The van der Waals surface area contributed by atoms with Gasteiger partial charge in [-0.05, 0) is 6.42 Å². The molecule has 0 spiro atoms. The van der Waals surface area contributed by atoms with Gasteiger partial charge in [0.25, 0.3) is 0 Å². The van der Waals surface area contributed by atoms with E-state index in [0.29, 0.717) is 0 Å². The third-order valence-corrected chi connectivity index (χ3v) is 0.510. The highest BCUT2D eigenvalue weighted by atomic mass is 79.9. The predicted octanol–water partition coefficient (Wildman–Crippen LogP) is 2.23. The van der Waals surface area contributed by atoms with Crippen LogP contribution in [0.2, 0.25) is 0 Å². The van der Waals surface area contributed by atoms with Gasteiger partial charge >= 0.3 is 0 Å². The number of halogens is 3. The second kappa shape index (κ2) is 23.5. The maximum Gasteiger partial charge on any atom is 0.246 e. The Hall–Kier alpha value is 1.62. The number of rotatable bonds is 2. The van der Waals surface area contributed by atoms with E-state index in [-0.39, 0.29) is 50.9 Å². The highest BCUT2D eigenvalue weighted by molar-refractivity contribution is 8.93. The summed E-state index contributed by atoms with van der Waals surface area (Å²) in [5.41, 5.74) is 0. The van der Waals surface area contributed by atoms with Crippen LogP contribution in [0.1, 0.15) is 13.3 Å². The Balaban J connectivity index is -0.0000000267. The number of hydrogen-bond acceptors (Lipinski definition) is 1. The third kappa shape index (κ3) is 25.5. The fourth-order valence-electron chi connectivity index (χ4n) is 0.102. The van der Waals surface area contributed by atoms with Gasteiger partial charge in [0.05, 0.1) is 0 Å². The first-order valence-electron chi connectivity index (χ1n) is 1.70. The van der Waals surface area contributed by atoms with Crippen molar-refractivity contribution in [2.24, 2.45) is 0 Å². The molecule has 0 unspecified atom stereocenters. The fraction of sp³-hybridized carbons (Fsp3) is 1.00. The Bertz CT molecular complexity index is 22.0. The lowest BCUT2D eigenvalue weighted by Crippen LogP contribution is -1.83. The minimum atomic E-state index is 0. The predicted molar refractivity (Wildman–Crippen MR) is 53.0 cm³/mol. The summed E-state index contributed by atoms with van der Waals surface area (Å²) in [6.45, 7) is 2.86. The summed E-state index contributed by atoms with van der Waals surface area (Å²) in [5.74, 6) is 0. The molecule has 8 heavy (non-hydrogen) atoms. The van der Waals surface area contributed by atoms with E-state index in [9.17, 15) is 0 Å². The largest absolute Gasteiger partial charge is 0.419 e. The minimum absolute atomic E-state index is 0. The van der Waals surface area contributed by atoms with Crippen molar-refractivity contribution in [1.29, 1.82) is 0 Å². The average molecular weight is 330 g/mol. The number of hydrogen-bond donors (Lipinski definition) is 0. The van der Waals surface area contributed by atoms with Crippen LogP contribution in [-0.2, 0) is 4.43 Å². The van der Waals surface area contributed by atoms with E-state index in [1.165, 1.54) is 0 Å². The molecule has 0 aliphatic heterocycles. The van der Waals surface area contributed by atoms with Crippen LogP contribution in [0, 0.1) is 0 Å². The molecular formula is C3H10Br3OSi. The summed E-state index contributed by atoms with van der Waals surface area (Å²) in [7, 11) is 2.85. The Labute approximate surface area is 85.4 Å². The molecule has 0 aliphatic rings. The minimum Gasteiger partial charge on any atom is -0.419 e. The lowest BCUT2D eigenvalue weighted by atomic mass is 10.5. The van der Waals surface area contributed by atoms with Gasteiger partial charge in [-0.15, -0.1) is 50.9 Å². The quantitative estimate of drug-likeness (QED) is 0.706. The van der Waals surface area contributed by atoms with Crippen molar-refractivity contribution in [1.82, 2.24) is 0 Å². The molecule has 0 fully saturated rings. The molecule has 0 aromatic rings. The Morgan fingerprint density at radius 2 is 1.62 bits per heavy atom. The Morgan fingerprint density at radius 3 is 1.62 bits per heavy atom. The molecule has 0 rings (SSSR count). The molecule has 0 saturated heterocycles. The highest BCUT2D eigenvalue weighted by Crippen LogP contribution is 1.69. The SMILES string of the molecule is Br.Br.Br.CCCO[Si]. The lowest BCUT2D eigenvalue weighted by Gasteiger charge is -1.84. The zero-order valence-corrected chi connectivity index (χ0v) is 10.7. The lowest BCUT2D eigenvalue weighted by molar-refractivity contribution is 0.349. The zero-order valence-electron chi connectivity index (χ0n) is 4.55. The Morgan fingerprint density at radius 1 is 1.25 bits per heavy atom. The highest BCUT2D eigenvalue weighted by Gasteiger charge is 1.66. The molecule has 0 aliphatic carbocycles. The van der Waals surface area contributed by atoms with Crippen LogP contribution < -0.4 is 0 Å². The molecule has 0 aromatic carbocycles. The van der Waals surface area contributed by atoms with Crippen molar-refractivity contribution in [2.45, 2.75) is 13.3 Å². The van der Waals surface area contributed by atoms with Crippen LogP contribution >= 0.6 is 50.9 Å². The van der Waals surface area contributed by atoms with Crippen molar-refractivity contribution in [3.63, 3.8) is 0 Å². The molecule has 0 heterocycles. The molecule has 0 bridgehead atoms. The van der Waals surface area contributed by atoms with Gasteiger partial charge in [-0.3, -0.25) is 0 Å². The summed E-state index contributed by atoms with van der Waals surface area (Å²) in [6, 6.07) is 0. The first-order valence-corrected chi connectivity index (χ1v) is 2.11. The normalized spacial score (nSPS) is 5.25. The van der Waals surface area contributed by atoms with Crippen LogP contribution in [0.15, 0.2) is 0 Å². The molecule has 5 heteroatoms. The zero-order chi connectivity index (χ0) is 4.12. The van der Waals surface area contributed by atoms with Gasteiger partial charge in [-0.1, -0.05) is 6.92 Å². The molecule has 0 N–H and O–H groups in total. The molecular weight excluding hydrogens is 320 g/mol. The molecule has 53 valence electrons. The van der Waals surface area contributed by atoms with E-state index < -0.39 is 0 Å². The second-order valence-electron chi connectivity index (χ2n) is 0.848. The van der Waals surface area contributed by atoms with E-state index in [1.807, 2.05) is 0 Å². The standard InChI is InChI=1S/C3H7OSi.3BrH/c1-2-3-4-5;;;/h2-3H2,1H3;3*1H. The van der Waals surface area contributed by atoms with E-state index in [1.54, 1.807) is 0 Å². The van der Waals surface area contributed by atoms with Gasteiger partial charge in [0.2, 0.25) is 10.5 Å². The van der Waals surface area contributed by atoms with E-state index in [4.69, 9.17) is 0 Å². The van der Waals surface area contributed by atoms with Gasteiger partial charge < -0.3 is 4.43 Å². The first kappa shape index (κ1) is 22.6. The van der Waals surface area contributed by atoms with Crippen molar-refractivity contribution in [2.75, 3.05) is 6.61 Å². The monoisotopic (exact) mass is 327 g/mol. The second-order valence-corrected chi connectivity index (χ2v) is 1.14. The molecule has 0 saturated carbocycles. The Kier molecular flexibility index (Phi) is 66.4. The molecule has 0 aromatic heterocycles. The summed E-state index contributed by atoms with van der Waals surface area (Å²) in [4.78, 5) is 0. The average Bonchev–Trinajstić information content (AvgIpc) is 1.41.